The Kier molecular flexibility index (Phi) is 8.91. The van der Waals surface area contributed by atoms with Crippen LogP contribution < -0.4 is 21.7 Å². The maximum absolute atomic E-state index is 14.0. The Morgan fingerprint density at radius 2 is 1.60 bits per heavy atom. The van der Waals surface area contributed by atoms with Crippen LogP contribution in [0.2, 0.25) is 0 Å². The van der Waals surface area contributed by atoms with Crippen LogP contribution in [-0.4, -0.2) is 76.2 Å². The van der Waals surface area contributed by atoms with E-state index in [9.17, 15) is 33.9 Å². The zero-order chi connectivity index (χ0) is 30.3. The summed E-state index contributed by atoms with van der Waals surface area (Å²) >= 11 is 0. The number of nitrogens with two attached hydrogens (primary N) is 1. The molecule has 6 N–H and O–H groups in total. The second kappa shape index (κ2) is 11.4. The van der Waals surface area contributed by atoms with Crippen molar-refractivity contribution in [1.82, 2.24) is 20.9 Å². The molecule has 5 amide bonds. The highest BCUT2D eigenvalue weighted by atomic mass is 16.4. The first-order valence-corrected chi connectivity index (χ1v) is 14.1. The average molecular weight is 564 g/mol. The predicted octanol–water partition coefficient (Wildman–Crippen LogP) is 1.02. The minimum absolute atomic E-state index is 0.0191. The van der Waals surface area contributed by atoms with Gasteiger partial charge in [0, 0.05) is 6.54 Å². The van der Waals surface area contributed by atoms with E-state index in [1.807, 2.05) is 27.7 Å². The van der Waals surface area contributed by atoms with Crippen LogP contribution in [0.4, 0.5) is 4.79 Å². The number of nitrogens with one attached hydrogen (secondary N) is 3. The van der Waals surface area contributed by atoms with Crippen LogP contribution in [0.5, 0.6) is 0 Å². The number of hydrogen-bond donors (Lipinski definition) is 5. The van der Waals surface area contributed by atoms with Gasteiger partial charge in [-0.2, -0.15) is 0 Å². The number of hydrogen-bond acceptors (Lipinski definition) is 6. The van der Waals surface area contributed by atoms with Crippen LogP contribution in [0, 0.1) is 34.5 Å². The van der Waals surface area contributed by atoms with E-state index in [2.05, 4.69) is 16.0 Å². The van der Waals surface area contributed by atoms with Crippen molar-refractivity contribution in [3.05, 3.63) is 0 Å². The molecular formula is C28H45N5O7. The molecule has 2 unspecified atom stereocenters. The lowest BCUT2D eigenvalue weighted by molar-refractivity contribution is -0.145. The third-order valence-corrected chi connectivity index (χ3v) is 8.60. The molecule has 0 spiro atoms. The topological polar surface area (TPSA) is 188 Å². The van der Waals surface area contributed by atoms with Gasteiger partial charge in [-0.1, -0.05) is 61.3 Å². The summed E-state index contributed by atoms with van der Waals surface area (Å²) in [4.78, 5) is 77.8. The van der Waals surface area contributed by atoms with Gasteiger partial charge in [-0.05, 0) is 47.3 Å². The van der Waals surface area contributed by atoms with Crippen molar-refractivity contribution >= 4 is 35.5 Å². The number of aliphatic carboxylic acids is 1. The highest BCUT2D eigenvalue weighted by Crippen LogP contribution is 2.65. The van der Waals surface area contributed by atoms with Crippen molar-refractivity contribution in [2.45, 2.75) is 98.3 Å². The molecule has 12 heteroatoms. The fraction of sp³-hybridized carbons (Fsp3) is 0.786. The maximum Gasteiger partial charge on any atom is 0.326 e. The standard InChI is InChI=1S/C28H45N5O7/c1-13(2)10-17(25(38)39)31-26(40)32-21(27(3,4)5)24(37)33-12-15-18(28(15,6)7)19(33)23(36)30-16(11-14-8-9-14)20(34)22(29)35/h13-19,21H,8-12H2,1-7H3,(H2,29,35)(H,30,36)(H,38,39)(H2,31,32,40)/t15-,16?,17?,18-,19-,21+/m0/s1. The second-order valence-electron chi connectivity index (χ2n) is 13.8. The molecule has 0 radical (unpaired) electrons. The molecule has 0 aromatic carbocycles. The number of fused-ring (bicyclic) bond motifs is 1. The van der Waals surface area contributed by atoms with Gasteiger partial charge in [0.25, 0.3) is 5.91 Å². The molecule has 0 aromatic heterocycles. The third-order valence-electron chi connectivity index (χ3n) is 8.60. The molecule has 6 atom stereocenters. The van der Waals surface area contributed by atoms with E-state index in [0.29, 0.717) is 13.0 Å². The molecule has 12 nitrogen and oxygen atoms in total. The van der Waals surface area contributed by atoms with E-state index >= 15 is 0 Å². The first-order valence-electron chi connectivity index (χ1n) is 14.1. The molecule has 1 aliphatic heterocycles. The normalized spacial score (nSPS) is 25.3. The van der Waals surface area contributed by atoms with Crippen molar-refractivity contribution in [3.63, 3.8) is 0 Å². The lowest BCUT2D eigenvalue weighted by atomic mass is 9.85. The Morgan fingerprint density at radius 3 is 2.08 bits per heavy atom. The molecule has 0 aromatic rings. The van der Waals surface area contributed by atoms with Crippen molar-refractivity contribution < 1.29 is 33.9 Å². The summed E-state index contributed by atoms with van der Waals surface area (Å²) < 4.78 is 0. The summed E-state index contributed by atoms with van der Waals surface area (Å²) in [6.45, 7) is 13.3. The lowest BCUT2D eigenvalue weighted by Crippen LogP contribution is -2.62. The van der Waals surface area contributed by atoms with Crippen molar-refractivity contribution in [2.75, 3.05) is 6.54 Å². The molecule has 40 heavy (non-hydrogen) atoms. The summed E-state index contributed by atoms with van der Waals surface area (Å²) in [7, 11) is 0. The van der Waals surface area contributed by atoms with Gasteiger partial charge in [0.15, 0.2) is 0 Å². The quantitative estimate of drug-likeness (QED) is 0.219. The van der Waals surface area contributed by atoms with Gasteiger partial charge in [-0.15, -0.1) is 0 Å². The first kappa shape index (κ1) is 31.3. The number of carbonyl (C=O) groups is 6. The number of primary amides is 1. The van der Waals surface area contributed by atoms with Gasteiger partial charge in [0.2, 0.25) is 17.6 Å². The van der Waals surface area contributed by atoms with E-state index in [4.69, 9.17) is 5.73 Å². The van der Waals surface area contributed by atoms with Crippen molar-refractivity contribution in [2.24, 2.45) is 40.2 Å². The van der Waals surface area contributed by atoms with E-state index in [1.165, 1.54) is 4.90 Å². The van der Waals surface area contributed by atoms with Crippen LogP contribution in [-0.2, 0) is 24.0 Å². The van der Waals surface area contributed by atoms with E-state index in [-0.39, 0.29) is 35.5 Å². The Morgan fingerprint density at radius 1 is 1.00 bits per heavy atom. The van der Waals surface area contributed by atoms with Crippen LogP contribution in [0.3, 0.4) is 0 Å². The smallest absolute Gasteiger partial charge is 0.326 e. The summed E-state index contributed by atoms with van der Waals surface area (Å²) in [5, 5.41) is 17.3. The first-order chi connectivity index (χ1) is 18.4. The van der Waals surface area contributed by atoms with E-state index in [1.54, 1.807) is 20.8 Å². The molecule has 2 saturated carbocycles. The summed E-state index contributed by atoms with van der Waals surface area (Å²) in [5.74, 6) is -3.99. The fourth-order valence-corrected chi connectivity index (χ4v) is 6.00. The molecule has 1 heterocycles. The van der Waals surface area contributed by atoms with Gasteiger partial charge in [-0.3, -0.25) is 19.2 Å². The number of carboxylic acid groups (broad SMARTS) is 1. The minimum atomic E-state index is -1.17. The Balaban J connectivity index is 1.81. The Labute approximate surface area is 235 Å². The number of urea groups is 1. The molecular weight excluding hydrogens is 518 g/mol. The zero-order valence-electron chi connectivity index (χ0n) is 24.6. The van der Waals surface area contributed by atoms with Gasteiger partial charge < -0.3 is 31.7 Å². The average Bonchev–Trinajstić information content (AvgIpc) is 3.67. The number of ketones is 1. The number of likely N-dealkylation sites (tertiary alicyclic amines) is 1. The highest BCUT2D eigenvalue weighted by molar-refractivity contribution is 6.37. The number of rotatable bonds is 12. The molecule has 1 saturated heterocycles. The summed E-state index contributed by atoms with van der Waals surface area (Å²) in [5.41, 5.74) is 4.27. The molecule has 0 bridgehead atoms. The summed E-state index contributed by atoms with van der Waals surface area (Å²) in [6, 6.07) is -4.92. The number of carbonyl (C=O) groups excluding carboxylic acids is 5. The van der Waals surface area contributed by atoms with Gasteiger partial charge >= 0.3 is 12.0 Å². The largest absolute Gasteiger partial charge is 0.480 e. The van der Waals surface area contributed by atoms with E-state index in [0.717, 1.165) is 12.8 Å². The monoisotopic (exact) mass is 563 g/mol. The number of Topliss-reactive ketones (excluding diaryl/α,β-unsaturated/α-hetero) is 1. The highest BCUT2D eigenvalue weighted by Gasteiger charge is 2.70. The van der Waals surface area contributed by atoms with Crippen LogP contribution in [0.25, 0.3) is 0 Å². The number of piperidine rings is 1. The Hall–Kier alpha value is -3.18. The third kappa shape index (κ3) is 6.93. The van der Waals surface area contributed by atoms with Crippen molar-refractivity contribution in [3.8, 4) is 0 Å². The number of amides is 5. The summed E-state index contributed by atoms with van der Waals surface area (Å²) in [6.07, 6.45) is 2.35. The number of carboxylic acids is 1. The molecule has 3 aliphatic rings. The van der Waals surface area contributed by atoms with Crippen LogP contribution in [0.15, 0.2) is 0 Å². The maximum atomic E-state index is 14.0. The van der Waals surface area contributed by atoms with Gasteiger partial charge in [-0.25, -0.2) is 9.59 Å². The fourth-order valence-electron chi connectivity index (χ4n) is 6.00. The van der Waals surface area contributed by atoms with Crippen LogP contribution in [0.1, 0.15) is 74.1 Å². The predicted molar refractivity (Wildman–Crippen MR) is 146 cm³/mol. The van der Waals surface area contributed by atoms with Gasteiger partial charge in [0.05, 0.1) is 6.04 Å². The Bertz CT molecular complexity index is 1060. The van der Waals surface area contributed by atoms with Crippen molar-refractivity contribution in [1.29, 1.82) is 0 Å². The second-order valence-corrected chi connectivity index (χ2v) is 13.8. The number of nitrogens with zero attached hydrogens (tertiary/aromatic N) is 1. The minimum Gasteiger partial charge on any atom is -0.480 e. The molecule has 3 rings (SSSR count). The molecule has 224 valence electrons. The molecule has 3 fully saturated rings. The van der Waals surface area contributed by atoms with Crippen LogP contribution >= 0.6 is 0 Å². The lowest BCUT2D eigenvalue weighted by Gasteiger charge is -2.38. The zero-order valence-corrected chi connectivity index (χ0v) is 24.6. The van der Waals surface area contributed by atoms with E-state index < -0.39 is 65.1 Å². The SMILES string of the molecule is CC(C)CC(NC(=O)N[C@H](C(=O)N1C[C@H]2[C@@H]([C@H]1C(=O)NC(CC1CC1)C(=O)C(N)=O)C2(C)C)C(C)(C)C)C(=O)O. The molecule has 2 aliphatic carbocycles. The van der Waals surface area contributed by atoms with Gasteiger partial charge in [0.1, 0.15) is 18.1 Å².